The van der Waals surface area contributed by atoms with E-state index in [4.69, 9.17) is 0 Å². The first-order valence-electron chi connectivity index (χ1n) is 3.86. The van der Waals surface area contributed by atoms with E-state index in [1.54, 1.807) is 13.1 Å². The predicted octanol–water partition coefficient (Wildman–Crippen LogP) is 1.70. The second-order valence-electron chi connectivity index (χ2n) is 2.60. The largest absolute Gasteiger partial charge is 0.389 e. The summed E-state index contributed by atoms with van der Waals surface area (Å²) in [7, 11) is 0. The fourth-order valence-electron chi connectivity index (χ4n) is 1.14. The molecule has 2 nitrogen and oxygen atoms in total. The molecule has 0 aliphatic carbocycles. The van der Waals surface area contributed by atoms with Gasteiger partial charge < -0.3 is 5.11 Å². The Bertz CT molecular complexity index is 233. The molecule has 1 heterocycles. The smallest absolute Gasteiger partial charge is 0.0765 e. The molecule has 0 saturated heterocycles. The summed E-state index contributed by atoms with van der Waals surface area (Å²) < 4.78 is 0. The number of aromatic nitrogens is 1. The number of pyridine rings is 1. The number of aliphatic hydroxyl groups excluding tert-OH is 1. The predicted molar refractivity (Wildman–Crippen MR) is 44.2 cm³/mol. The van der Waals surface area contributed by atoms with Crippen molar-refractivity contribution in [2.45, 2.75) is 26.4 Å². The molecule has 0 aromatic carbocycles. The molecule has 1 rings (SSSR count). The number of rotatable bonds is 2. The molecule has 1 atom stereocenters. The highest BCUT2D eigenvalue weighted by Crippen LogP contribution is 2.15. The molecular formula is C9H13NO. The minimum absolute atomic E-state index is 0.382. The van der Waals surface area contributed by atoms with Crippen molar-refractivity contribution in [3.8, 4) is 0 Å². The van der Waals surface area contributed by atoms with Gasteiger partial charge >= 0.3 is 0 Å². The van der Waals surface area contributed by atoms with Gasteiger partial charge in [-0.15, -0.1) is 0 Å². The fourth-order valence-corrected chi connectivity index (χ4v) is 1.14. The molecule has 11 heavy (non-hydrogen) atoms. The van der Waals surface area contributed by atoms with Gasteiger partial charge in [0.1, 0.15) is 0 Å². The van der Waals surface area contributed by atoms with Gasteiger partial charge in [-0.05, 0) is 30.5 Å². The Kier molecular flexibility index (Phi) is 2.60. The van der Waals surface area contributed by atoms with E-state index in [0.717, 1.165) is 17.5 Å². The molecule has 0 spiro atoms. The van der Waals surface area contributed by atoms with E-state index in [2.05, 4.69) is 11.9 Å². The number of aryl methyl sites for hydroxylation is 1. The first-order chi connectivity index (χ1) is 5.25. The maximum absolute atomic E-state index is 9.31. The van der Waals surface area contributed by atoms with Gasteiger partial charge in [-0.2, -0.15) is 0 Å². The van der Waals surface area contributed by atoms with Gasteiger partial charge in [0.15, 0.2) is 0 Å². The van der Waals surface area contributed by atoms with Crippen molar-refractivity contribution >= 4 is 0 Å². The Labute approximate surface area is 66.9 Å². The Hall–Kier alpha value is -0.890. The molecule has 1 N–H and O–H groups in total. The molecule has 0 aliphatic heterocycles. The molecule has 2 heteroatoms. The third kappa shape index (κ3) is 1.77. The lowest BCUT2D eigenvalue weighted by atomic mass is 10.0. The SMILES string of the molecule is CCc1cnccc1C(C)O. The second kappa shape index (κ2) is 3.49. The molecule has 0 aliphatic rings. The summed E-state index contributed by atoms with van der Waals surface area (Å²) in [5.74, 6) is 0. The lowest BCUT2D eigenvalue weighted by Gasteiger charge is -2.08. The lowest BCUT2D eigenvalue weighted by Crippen LogP contribution is -1.97. The van der Waals surface area contributed by atoms with Crippen molar-refractivity contribution in [2.75, 3.05) is 0 Å². The highest BCUT2D eigenvalue weighted by molar-refractivity contribution is 5.24. The average Bonchev–Trinajstić information content (AvgIpc) is 2.04. The molecule has 0 fully saturated rings. The van der Waals surface area contributed by atoms with E-state index in [1.165, 1.54) is 0 Å². The van der Waals surface area contributed by atoms with Gasteiger partial charge in [-0.3, -0.25) is 4.98 Å². The van der Waals surface area contributed by atoms with Crippen LogP contribution in [0.5, 0.6) is 0 Å². The summed E-state index contributed by atoms with van der Waals surface area (Å²) in [6.45, 7) is 3.83. The molecule has 1 aromatic rings. The van der Waals surface area contributed by atoms with Crippen LogP contribution >= 0.6 is 0 Å². The average molecular weight is 151 g/mol. The summed E-state index contributed by atoms with van der Waals surface area (Å²) in [4.78, 5) is 3.99. The standard InChI is InChI=1S/C9H13NO/c1-3-8-6-10-5-4-9(8)7(2)11/h4-7,11H,3H2,1-2H3. The lowest BCUT2D eigenvalue weighted by molar-refractivity contribution is 0.198. The molecule has 0 bridgehead atoms. The van der Waals surface area contributed by atoms with Crippen LogP contribution in [0.4, 0.5) is 0 Å². The van der Waals surface area contributed by atoms with Crippen molar-refractivity contribution in [1.82, 2.24) is 4.98 Å². The van der Waals surface area contributed by atoms with Gasteiger partial charge in [0, 0.05) is 12.4 Å². The number of nitrogens with zero attached hydrogens (tertiary/aromatic N) is 1. The van der Waals surface area contributed by atoms with Gasteiger partial charge in [-0.1, -0.05) is 6.92 Å². The number of hydrogen-bond acceptors (Lipinski definition) is 2. The monoisotopic (exact) mass is 151 g/mol. The zero-order valence-corrected chi connectivity index (χ0v) is 6.91. The van der Waals surface area contributed by atoms with E-state index < -0.39 is 0 Å². The highest BCUT2D eigenvalue weighted by Gasteiger charge is 2.04. The fraction of sp³-hybridized carbons (Fsp3) is 0.444. The summed E-state index contributed by atoms with van der Waals surface area (Å²) in [5.41, 5.74) is 2.12. The zero-order valence-electron chi connectivity index (χ0n) is 6.91. The first-order valence-corrected chi connectivity index (χ1v) is 3.86. The van der Waals surface area contributed by atoms with Crippen molar-refractivity contribution < 1.29 is 5.11 Å². The minimum Gasteiger partial charge on any atom is -0.389 e. The maximum Gasteiger partial charge on any atom is 0.0765 e. The first kappa shape index (κ1) is 8.21. The Morgan fingerprint density at radius 2 is 2.36 bits per heavy atom. The Morgan fingerprint density at radius 3 is 2.82 bits per heavy atom. The molecule has 0 radical (unpaired) electrons. The second-order valence-corrected chi connectivity index (χ2v) is 2.60. The quantitative estimate of drug-likeness (QED) is 0.697. The molecule has 1 unspecified atom stereocenters. The number of aliphatic hydroxyl groups is 1. The van der Waals surface area contributed by atoms with E-state index >= 15 is 0 Å². The molecule has 0 saturated carbocycles. The van der Waals surface area contributed by atoms with Gasteiger partial charge in [0.25, 0.3) is 0 Å². The van der Waals surface area contributed by atoms with Crippen molar-refractivity contribution in [2.24, 2.45) is 0 Å². The normalized spacial score (nSPS) is 13.0. The Morgan fingerprint density at radius 1 is 1.64 bits per heavy atom. The van der Waals surface area contributed by atoms with E-state index in [1.807, 2.05) is 12.3 Å². The van der Waals surface area contributed by atoms with Crippen LogP contribution in [0.3, 0.4) is 0 Å². The number of hydrogen-bond donors (Lipinski definition) is 1. The van der Waals surface area contributed by atoms with Crippen molar-refractivity contribution in [3.63, 3.8) is 0 Å². The van der Waals surface area contributed by atoms with Crippen LogP contribution in [-0.4, -0.2) is 10.1 Å². The van der Waals surface area contributed by atoms with E-state index in [-0.39, 0.29) is 6.10 Å². The van der Waals surface area contributed by atoms with Crippen LogP contribution in [0.15, 0.2) is 18.5 Å². The minimum atomic E-state index is -0.382. The van der Waals surface area contributed by atoms with Gasteiger partial charge in [0.05, 0.1) is 6.10 Å². The molecule has 1 aromatic heterocycles. The highest BCUT2D eigenvalue weighted by atomic mass is 16.3. The molecule has 0 amide bonds. The van der Waals surface area contributed by atoms with Gasteiger partial charge in [0.2, 0.25) is 0 Å². The van der Waals surface area contributed by atoms with Crippen molar-refractivity contribution in [1.29, 1.82) is 0 Å². The summed E-state index contributed by atoms with van der Waals surface area (Å²) in [6.07, 6.45) is 4.06. The van der Waals surface area contributed by atoms with Crippen LogP contribution in [-0.2, 0) is 6.42 Å². The van der Waals surface area contributed by atoms with Gasteiger partial charge in [-0.25, -0.2) is 0 Å². The Balaban J connectivity index is 3.02. The molecular weight excluding hydrogens is 138 g/mol. The van der Waals surface area contributed by atoms with E-state index in [0.29, 0.717) is 0 Å². The van der Waals surface area contributed by atoms with Crippen LogP contribution < -0.4 is 0 Å². The summed E-state index contributed by atoms with van der Waals surface area (Å²) >= 11 is 0. The summed E-state index contributed by atoms with van der Waals surface area (Å²) in [6, 6.07) is 1.86. The molecule has 60 valence electrons. The third-order valence-electron chi connectivity index (χ3n) is 1.77. The van der Waals surface area contributed by atoms with Crippen LogP contribution in [0.25, 0.3) is 0 Å². The summed E-state index contributed by atoms with van der Waals surface area (Å²) in [5, 5.41) is 9.31. The van der Waals surface area contributed by atoms with Crippen LogP contribution in [0.2, 0.25) is 0 Å². The zero-order chi connectivity index (χ0) is 8.27. The van der Waals surface area contributed by atoms with E-state index in [9.17, 15) is 5.11 Å². The van der Waals surface area contributed by atoms with Crippen LogP contribution in [0, 0.1) is 0 Å². The third-order valence-corrected chi connectivity index (χ3v) is 1.77. The topological polar surface area (TPSA) is 33.1 Å². The maximum atomic E-state index is 9.31. The van der Waals surface area contributed by atoms with Crippen LogP contribution in [0.1, 0.15) is 31.1 Å². The van der Waals surface area contributed by atoms with Crippen molar-refractivity contribution in [3.05, 3.63) is 29.6 Å².